The van der Waals surface area contributed by atoms with Crippen molar-refractivity contribution in [2.45, 2.75) is 19.4 Å². The average molecular weight is 272 g/mol. The maximum absolute atomic E-state index is 5.63. The van der Waals surface area contributed by atoms with E-state index in [1.165, 1.54) is 22.7 Å². The Morgan fingerprint density at radius 1 is 1.47 bits per heavy atom. The lowest BCUT2D eigenvalue weighted by Gasteiger charge is -2.27. The standard InChI is InChI=1S/C10H13N5S.ClH/c11-10-12-4-7(16-10)6-15-3-1-2-8-9(15)5-13-14-8;/h4-5H,1-3,6H2,(H2,11,12)(H,13,14);1H. The molecule has 0 aliphatic carbocycles. The molecule has 0 saturated carbocycles. The smallest absolute Gasteiger partial charge is 0.180 e. The number of fused-ring (bicyclic) bond motifs is 1. The zero-order valence-electron chi connectivity index (χ0n) is 9.22. The number of nitrogens with zero attached hydrogens (tertiary/aromatic N) is 3. The van der Waals surface area contributed by atoms with E-state index in [2.05, 4.69) is 20.1 Å². The fraction of sp³-hybridized carbons (Fsp3) is 0.400. The Hall–Kier alpha value is -1.27. The molecule has 0 radical (unpaired) electrons. The predicted molar refractivity (Wildman–Crippen MR) is 71.7 cm³/mol. The van der Waals surface area contributed by atoms with Crippen molar-refractivity contribution in [1.82, 2.24) is 15.2 Å². The first-order chi connectivity index (χ1) is 7.83. The normalized spacial score (nSPS) is 14.2. The first-order valence-corrected chi connectivity index (χ1v) is 6.12. The third-order valence-electron chi connectivity index (χ3n) is 2.81. The van der Waals surface area contributed by atoms with Crippen molar-refractivity contribution >= 4 is 34.6 Å². The molecule has 0 fully saturated rings. The summed E-state index contributed by atoms with van der Waals surface area (Å²) in [5, 5.41) is 7.79. The number of rotatable bonds is 2. The van der Waals surface area contributed by atoms with Crippen LogP contribution in [0.2, 0.25) is 0 Å². The van der Waals surface area contributed by atoms with Gasteiger partial charge >= 0.3 is 0 Å². The van der Waals surface area contributed by atoms with Crippen LogP contribution in [0.1, 0.15) is 17.0 Å². The molecule has 0 unspecified atom stereocenters. The molecule has 92 valence electrons. The quantitative estimate of drug-likeness (QED) is 0.874. The summed E-state index contributed by atoms with van der Waals surface area (Å²) in [4.78, 5) is 7.60. The van der Waals surface area contributed by atoms with Crippen molar-refractivity contribution < 1.29 is 0 Å². The van der Waals surface area contributed by atoms with E-state index in [4.69, 9.17) is 5.73 Å². The van der Waals surface area contributed by atoms with Crippen molar-refractivity contribution in [1.29, 1.82) is 0 Å². The lowest BCUT2D eigenvalue weighted by molar-refractivity contribution is 0.685. The van der Waals surface area contributed by atoms with Crippen LogP contribution in [0.5, 0.6) is 0 Å². The highest BCUT2D eigenvalue weighted by atomic mass is 35.5. The third-order valence-corrected chi connectivity index (χ3v) is 3.62. The van der Waals surface area contributed by atoms with E-state index in [1.54, 1.807) is 11.3 Å². The van der Waals surface area contributed by atoms with E-state index < -0.39 is 0 Å². The number of thiazole rings is 1. The summed E-state index contributed by atoms with van der Waals surface area (Å²) < 4.78 is 0. The molecule has 17 heavy (non-hydrogen) atoms. The lowest BCUT2D eigenvalue weighted by atomic mass is 10.1. The lowest BCUT2D eigenvalue weighted by Crippen LogP contribution is -2.27. The molecule has 0 aromatic carbocycles. The average Bonchev–Trinajstić information content (AvgIpc) is 2.87. The maximum Gasteiger partial charge on any atom is 0.180 e. The summed E-state index contributed by atoms with van der Waals surface area (Å²) in [6.07, 6.45) is 6.02. The van der Waals surface area contributed by atoms with E-state index in [0.29, 0.717) is 5.13 Å². The Bertz CT molecular complexity index is 494. The van der Waals surface area contributed by atoms with Crippen molar-refractivity contribution in [3.63, 3.8) is 0 Å². The van der Waals surface area contributed by atoms with Crippen LogP contribution in [-0.4, -0.2) is 21.7 Å². The summed E-state index contributed by atoms with van der Waals surface area (Å²) in [6.45, 7) is 1.95. The number of nitrogens with two attached hydrogens (primary N) is 1. The summed E-state index contributed by atoms with van der Waals surface area (Å²) in [6, 6.07) is 0. The van der Waals surface area contributed by atoms with Gasteiger partial charge in [-0.1, -0.05) is 0 Å². The molecule has 1 aliphatic heterocycles. The van der Waals surface area contributed by atoms with Crippen LogP contribution < -0.4 is 10.6 Å². The Balaban J connectivity index is 0.00000108. The zero-order valence-corrected chi connectivity index (χ0v) is 10.9. The van der Waals surface area contributed by atoms with Gasteiger partial charge in [0.2, 0.25) is 0 Å². The van der Waals surface area contributed by atoms with Crippen LogP contribution in [0.25, 0.3) is 0 Å². The van der Waals surface area contributed by atoms with Gasteiger partial charge in [0.05, 0.1) is 24.1 Å². The number of hydrogen-bond donors (Lipinski definition) is 2. The zero-order chi connectivity index (χ0) is 11.0. The Morgan fingerprint density at radius 2 is 2.35 bits per heavy atom. The third kappa shape index (κ3) is 2.37. The molecular weight excluding hydrogens is 258 g/mol. The van der Waals surface area contributed by atoms with Crippen LogP contribution in [0.4, 0.5) is 10.8 Å². The van der Waals surface area contributed by atoms with Gasteiger partial charge < -0.3 is 10.6 Å². The molecule has 3 N–H and O–H groups in total. The van der Waals surface area contributed by atoms with Crippen LogP contribution >= 0.6 is 23.7 Å². The summed E-state index contributed by atoms with van der Waals surface area (Å²) >= 11 is 1.55. The molecular formula is C10H14ClN5S. The van der Waals surface area contributed by atoms with E-state index >= 15 is 0 Å². The minimum Gasteiger partial charge on any atom is -0.375 e. The van der Waals surface area contributed by atoms with Gasteiger partial charge in [-0.05, 0) is 12.8 Å². The monoisotopic (exact) mass is 271 g/mol. The van der Waals surface area contributed by atoms with Crippen molar-refractivity contribution in [2.75, 3.05) is 17.2 Å². The molecule has 0 spiro atoms. The van der Waals surface area contributed by atoms with Gasteiger partial charge in [0.1, 0.15) is 0 Å². The number of hydrogen-bond acceptors (Lipinski definition) is 5. The van der Waals surface area contributed by atoms with Crippen LogP contribution in [0.15, 0.2) is 12.4 Å². The second-order valence-corrected chi connectivity index (χ2v) is 5.07. The molecule has 3 heterocycles. The number of anilines is 2. The largest absolute Gasteiger partial charge is 0.375 e. The Kier molecular flexibility index (Phi) is 3.54. The first kappa shape index (κ1) is 12.2. The fourth-order valence-electron chi connectivity index (χ4n) is 2.08. The number of nitrogens with one attached hydrogen (secondary N) is 1. The molecule has 7 heteroatoms. The second kappa shape index (κ2) is 4.93. The molecule has 0 saturated heterocycles. The first-order valence-electron chi connectivity index (χ1n) is 5.30. The predicted octanol–water partition coefficient (Wildman–Crippen LogP) is 1.82. The van der Waals surface area contributed by atoms with E-state index in [-0.39, 0.29) is 12.4 Å². The Labute approximate surface area is 109 Å². The number of nitrogen functional groups attached to an aromatic ring is 1. The number of aromatic nitrogens is 3. The van der Waals surface area contributed by atoms with Gasteiger partial charge in [-0.25, -0.2) is 4.98 Å². The van der Waals surface area contributed by atoms with E-state index in [1.807, 2.05) is 12.4 Å². The van der Waals surface area contributed by atoms with Crippen molar-refractivity contribution in [2.24, 2.45) is 0 Å². The number of H-pyrrole nitrogens is 1. The SMILES string of the molecule is Cl.Nc1ncc(CN2CCCc3[nH]ncc32)s1. The van der Waals surface area contributed by atoms with Gasteiger partial charge in [-0.2, -0.15) is 5.10 Å². The summed E-state index contributed by atoms with van der Waals surface area (Å²) in [7, 11) is 0. The van der Waals surface area contributed by atoms with Gasteiger partial charge in [-0.3, -0.25) is 5.10 Å². The minimum absolute atomic E-state index is 0. The topological polar surface area (TPSA) is 70.8 Å². The van der Waals surface area contributed by atoms with Gasteiger partial charge in [-0.15, -0.1) is 23.7 Å². The number of aromatic amines is 1. The summed E-state index contributed by atoms with van der Waals surface area (Å²) in [5.41, 5.74) is 8.09. The van der Waals surface area contributed by atoms with Gasteiger partial charge in [0.15, 0.2) is 5.13 Å². The van der Waals surface area contributed by atoms with Gasteiger partial charge in [0, 0.05) is 17.6 Å². The molecule has 0 atom stereocenters. The summed E-state index contributed by atoms with van der Waals surface area (Å²) in [5.74, 6) is 0. The van der Waals surface area contributed by atoms with Crippen LogP contribution in [0, 0.1) is 0 Å². The van der Waals surface area contributed by atoms with Crippen molar-refractivity contribution in [3.8, 4) is 0 Å². The molecule has 5 nitrogen and oxygen atoms in total. The van der Waals surface area contributed by atoms with Gasteiger partial charge in [0.25, 0.3) is 0 Å². The van der Waals surface area contributed by atoms with Crippen LogP contribution in [0.3, 0.4) is 0 Å². The maximum atomic E-state index is 5.63. The molecule has 2 aromatic heterocycles. The molecule has 2 aromatic rings. The highest BCUT2D eigenvalue weighted by Gasteiger charge is 2.19. The van der Waals surface area contributed by atoms with Crippen molar-refractivity contribution in [3.05, 3.63) is 23.0 Å². The number of aryl methyl sites for hydroxylation is 1. The molecule has 1 aliphatic rings. The van der Waals surface area contributed by atoms with Crippen LogP contribution in [-0.2, 0) is 13.0 Å². The highest BCUT2D eigenvalue weighted by molar-refractivity contribution is 7.15. The van der Waals surface area contributed by atoms with E-state index in [0.717, 1.165) is 19.5 Å². The molecule has 3 rings (SSSR count). The molecule has 0 bridgehead atoms. The highest BCUT2D eigenvalue weighted by Crippen LogP contribution is 2.27. The fourth-order valence-corrected chi connectivity index (χ4v) is 2.78. The number of halogens is 1. The second-order valence-electron chi connectivity index (χ2n) is 3.92. The molecule has 0 amide bonds. The minimum atomic E-state index is 0. The Morgan fingerprint density at radius 3 is 3.12 bits per heavy atom. The van der Waals surface area contributed by atoms with E-state index in [9.17, 15) is 0 Å².